The molecule has 0 bridgehead atoms. The Bertz CT molecular complexity index is 879. The molecule has 0 aliphatic carbocycles. The summed E-state index contributed by atoms with van der Waals surface area (Å²) >= 11 is 0. The summed E-state index contributed by atoms with van der Waals surface area (Å²) < 4.78 is 22.9. The number of fused-ring (bicyclic) bond motifs is 1. The highest BCUT2D eigenvalue weighted by Gasteiger charge is 2.44. The molecule has 0 amide bonds. The summed E-state index contributed by atoms with van der Waals surface area (Å²) in [5.41, 5.74) is 0.616. The molecule has 3 heterocycles. The van der Waals surface area contributed by atoms with Crippen molar-refractivity contribution in [1.29, 1.82) is 0 Å². The van der Waals surface area contributed by atoms with E-state index in [4.69, 9.17) is 19.3 Å². The molecule has 1 aliphatic heterocycles. The summed E-state index contributed by atoms with van der Waals surface area (Å²) in [6.45, 7) is 5.62. The number of aromatic nitrogens is 4. The summed E-state index contributed by atoms with van der Waals surface area (Å²) in [6.07, 6.45) is -2.62. The molecule has 156 valence electrons. The summed E-state index contributed by atoms with van der Waals surface area (Å²) in [7, 11) is -4.34. The number of aliphatic hydroxyl groups is 2. The smallest absolute Gasteiger partial charge is 0.350 e. The molecule has 2 aromatic heterocycles. The van der Waals surface area contributed by atoms with E-state index < -0.39 is 38.5 Å². The maximum absolute atomic E-state index is 10.9. The van der Waals surface area contributed by atoms with Crippen LogP contribution < -0.4 is 5.32 Å². The first-order valence-corrected chi connectivity index (χ1v) is 10.4. The van der Waals surface area contributed by atoms with Gasteiger partial charge in [0.15, 0.2) is 23.2 Å². The lowest BCUT2D eigenvalue weighted by Gasteiger charge is -2.21. The number of nitrogens with zero attached hydrogens (tertiary/aromatic N) is 4. The monoisotopic (exact) mass is 417 g/mol. The lowest BCUT2D eigenvalue weighted by Crippen LogP contribution is -2.33. The van der Waals surface area contributed by atoms with Gasteiger partial charge in [-0.2, -0.15) is 0 Å². The number of anilines is 1. The van der Waals surface area contributed by atoms with Crippen molar-refractivity contribution < 1.29 is 34.0 Å². The van der Waals surface area contributed by atoms with Gasteiger partial charge in [-0.3, -0.25) is 9.13 Å². The van der Waals surface area contributed by atoms with E-state index in [0.717, 1.165) is 0 Å². The van der Waals surface area contributed by atoms with E-state index in [-0.39, 0.29) is 12.1 Å². The van der Waals surface area contributed by atoms with Crippen molar-refractivity contribution in [2.75, 3.05) is 18.3 Å². The first-order valence-electron chi connectivity index (χ1n) is 8.56. The van der Waals surface area contributed by atoms with Gasteiger partial charge in [0.05, 0.1) is 12.9 Å². The Hall–Kier alpha value is -1.66. The van der Waals surface area contributed by atoms with Gasteiger partial charge in [-0.25, -0.2) is 15.0 Å². The minimum Gasteiger partial charge on any atom is -0.387 e. The fourth-order valence-corrected chi connectivity index (χ4v) is 3.21. The molecule has 0 unspecified atom stereocenters. The van der Waals surface area contributed by atoms with Gasteiger partial charge in [0.25, 0.3) is 0 Å². The van der Waals surface area contributed by atoms with Crippen LogP contribution in [-0.2, 0) is 14.0 Å². The molecule has 2 aromatic rings. The average Bonchev–Trinajstić information content (AvgIpc) is 3.09. The standard InChI is InChI=1S/C15H24N5O7P/c1-15(2,3)19-12-9-13(17-5-16-12)20(6-18-9)14-11(22)10(21)8(27-14)4-26-7-28(23,24)25/h5-6,8,10-11,14,21-22H,4,7H2,1-3H3,(H,16,17,19)(H2,23,24,25)/t8-,10-,11-,14-/m1/s1. The average molecular weight is 417 g/mol. The molecule has 5 N–H and O–H groups in total. The zero-order valence-corrected chi connectivity index (χ0v) is 16.5. The topological polar surface area (TPSA) is 172 Å². The summed E-state index contributed by atoms with van der Waals surface area (Å²) in [5.74, 6) is 0.519. The van der Waals surface area contributed by atoms with Crippen molar-refractivity contribution in [3.05, 3.63) is 12.7 Å². The predicted octanol–water partition coefficient (Wildman–Crippen LogP) is -0.192. The number of hydrogen-bond acceptors (Lipinski definition) is 9. The Balaban J connectivity index is 1.80. The number of ether oxygens (including phenoxy) is 2. The zero-order chi connectivity index (χ0) is 20.7. The fourth-order valence-electron chi connectivity index (χ4n) is 2.87. The van der Waals surface area contributed by atoms with Gasteiger partial charge in [-0.05, 0) is 20.8 Å². The zero-order valence-electron chi connectivity index (χ0n) is 15.6. The molecule has 0 aromatic carbocycles. The molecule has 1 saturated heterocycles. The molecule has 4 atom stereocenters. The molecule has 3 rings (SSSR count). The first kappa shape index (κ1) is 21.1. The number of rotatable bonds is 6. The second kappa shape index (κ2) is 7.64. The van der Waals surface area contributed by atoms with Crippen LogP contribution in [0, 0.1) is 0 Å². The van der Waals surface area contributed by atoms with Gasteiger partial charge >= 0.3 is 7.60 Å². The van der Waals surface area contributed by atoms with E-state index in [1.54, 1.807) is 0 Å². The normalized spacial score (nSPS) is 26.1. The molecule has 0 radical (unpaired) electrons. The molecule has 0 spiro atoms. The number of nitrogens with one attached hydrogen (secondary N) is 1. The third kappa shape index (κ3) is 4.66. The summed E-state index contributed by atoms with van der Waals surface area (Å²) in [5, 5.41) is 23.8. The van der Waals surface area contributed by atoms with Crippen molar-refractivity contribution in [2.45, 2.75) is 50.8 Å². The third-order valence-electron chi connectivity index (χ3n) is 4.01. The largest absolute Gasteiger partial charge is 0.387 e. The van der Waals surface area contributed by atoms with Gasteiger partial charge < -0.3 is 34.8 Å². The molecule has 28 heavy (non-hydrogen) atoms. The van der Waals surface area contributed by atoms with Crippen molar-refractivity contribution in [3.8, 4) is 0 Å². The fraction of sp³-hybridized carbons (Fsp3) is 0.667. The van der Waals surface area contributed by atoms with Gasteiger partial charge in [0.1, 0.15) is 31.0 Å². The van der Waals surface area contributed by atoms with Crippen molar-refractivity contribution in [1.82, 2.24) is 19.5 Å². The van der Waals surface area contributed by atoms with Crippen LogP contribution in [0.2, 0.25) is 0 Å². The third-order valence-corrected chi connectivity index (χ3v) is 4.52. The van der Waals surface area contributed by atoms with Crippen LogP contribution in [0.15, 0.2) is 12.7 Å². The van der Waals surface area contributed by atoms with E-state index in [0.29, 0.717) is 17.0 Å². The van der Waals surface area contributed by atoms with Gasteiger partial charge in [-0.1, -0.05) is 0 Å². The van der Waals surface area contributed by atoms with Crippen molar-refractivity contribution >= 4 is 24.6 Å². The predicted molar refractivity (Wildman–Crippen MR) is 97.5 cm³/mol. The van der Waals surface area contributed by atoms with Crippen LogP contribution in [0.5, 0.6) is 0 Å². The second-order valence-corrected chi connectivity index (χ2v) is 9.22. The summed E-state index contributed by atoms with van der Waals surface area (Å²) in [4.78, 5) is 30.4. The SMILES string of the molecule is CC(C)(C)Nc1ncnc2c1ncn2[C@@H]1O[C@H](COCP(=O)(O)O)[C@@H](O)[C@H]1O. The molecule has 1 fully saturated rings. The number of aliphatic hydroxyl groups excluding tert-OH is 2. The van der Waals surface area contributed by atoms with Crippen LogP contribution >= 0.6 is 7.60 Å². The molecular weight excluding hydrogens is 393 g/mol. The maximum Gasteiger partial charge on any atom is 0.350 e. The Labute approximate surface area is 160 Å². The Morgan fingerprint density at radius 1 is 1.25 bits per heavy atom. The summed E-state index contributed by atoms with van der Waals surface area (Å²) in [6, 6.07) is 0. The van der Waals surface area contributed by atoms with Gasteiger partial charge in [-0.15, -0.1) is 0 Å². The number of hydrogen-bond donors (Lipinski definition) is 5. The lowest BCUT2D eigenvalue weighted by molar-refractivity contribution is -0.0612. The Morgan fingerprint density at radius 3 is 2.61 bits per heavy atom. The maximum atomic E-state index is 10.9. The van der Waals surface area contributed by atoms with Crippen LogP contribution in [0.4, 0.5) is 5.82 Å². The molecule has 1 aliphatic rings. The molecule has 12 nitrogen and oxygen atoms in total. The van der Waals surface area contributed by atoms with E-state index >= 15 is 0 Å². The van der Waals surface area contributed by atoms with Gasteiger partial charge in [0.2, 0.25) is 0 Å². The minimum atomic E-state index is -4.34. The first-order chi connectivity index (χ1) is 13.0. The van der Waals surface area contributed by atoms with E-state index in [2.05, 4.69) is 20.3 Å². The van der Waals surface area contributed by atoms with Crippen molar-refractivity contribution in [2.24, 2.45) is 0 Å². The van der Waals surface area contributed by atoms with Crippen molar-refractivity contribution in [3.63, 3.8) is 0 Å². The highest BCUT2D eigenvalue weighted by atomic mass is 31.2. The van der Waals surface area contributed by atoms with E-state index in [1.807, 2.05) is 20.8 Å². The quantitative estimate of drug-likeness (QED) is 0.394. The highest BCUT2D eigenvalue weighted by Crippen LogP contribution is 2.36. The van der Waals surface area contributed by atoms with Gasteiger partial charge in [0, 0.05) is 5.54 Å². The van der Waals surface area contributed by atoms with Crippen LogP contribution in [0.3, 0.4) is 0 Å². The molecule has 13 heteroatoms. The second-order valence-electron chi connectivity index (χ2n) is 7.63. The minimum absolute atomic E-state index is 0.258. The van der Waals surface area contributed by atoms with Crippen LogP contribution in [-0.4, -0.2) is 76.3 Å². The Morgan fingerprint density at radius 2 is 1.96 bits per heavy atom. The molecular formula is C15H24N5O7P. The van der Waals surface area contributed by atoms with Crippen LogP contribution in [0.25, 0.3) is 11.2 Å². The lowest BCUT2D eigenvalue weighted by atomic mass is 10.1. The van der Waals surface area contributed by atoms with E-state index in [9.17, 15) is 14.8 Å². The molecule has 0 saturated carbocycles. The number of imidazole rings is 1. The van der Waals surface area contributed by atoms with E-state index in [1.165, 1.54) is 17.2 Å². The highest BCUT2D eigenvalue weighted by molar-refractivity contribution is 7.51. The Kier molecular flexibility index (Phi) is 5.74. The van der Waals surface area contributed by atoms with Crippen LogP contribution in [0.1, 0.15) is 27.0 Å².